The third-order valence-corrected chi connectivity index (χ3v) is 5.66. The van der Waals surface area contributed by atoms with Gasteiger partial charge in [0.25, 0.3) is 0 Å². The van der Waals surface area contributed by atoms with Gasteiger partial charge in [-0.25, -0.2) is 0 Å². The van der Waals surface area contributed by atoms with Gasteiger partial charge in [-0.05, 0) is 43.4 Å². The van der Waals surface area contributed by atoms with E-state index in [9.17, 15) is 9.59 Å². The Morgan fingerprint density at radius 1 is 1.12 bits per heavy atom. The highest BCUT2D eigenvalue weighted by molar-refractivity contribution is 5.81. The van der Waals surface area contributed by atoms with Gasteiger partial charge in [0.15, 0.2) is 0 Å². The molecule has 1 atom stereocenters. The summed E-state index contributed by atoms with van der Waals surface area (Å²) in [6.07, 6.45) is 3.60. The molecule has 2 aliphatic heterocycles. The van der Waals surface area contributed by atoms with E-state index in [1.54, 1.807) is 7.11 Å². The van der Waals surface area contributed by atoms with Crippen molar-refractivity contribution in [2.24, 2.45) is 11.8 Å². The number of benzene rings is 1. The molecule has 1 unspecified atom stereocenters. The Labute approximate surface area is 156 Å². The van der Waals surface area contributed by atoms with Gasteiger partial charge in [-0.15, -0.1) is 0 Å². The minimum atomic E-state index is 0.0262. The number of rotatable bonds is 4. The lowest BCUT2D eigenvalue weighted by Crippen LogP contribution is -2.45. The lowest BCUT2D eigenvalue weighted by atomic mass is 9.93. The van der Waals surface area contributed by atoms with Gasteiger partial charge >= 0.3 is 0 Å². The van der Waals surface area contributed by atoms with Crippen molar-refractivity contribution in [1.82, 2.24) is 9.80 Å². The fourth-order valence-electron chi connectivity index (χ4n) is 4.17. The molecule has 2 amide bonds. The molecule has 0 aliphatic carbocycles. The lowest BCUT2D eigenvalue weighted by Gasteiger charge is -2.35. The summed E-state index contributed by atoms with van der Waals surface area (Å²) in [5, 5.41) is 0. The van der Waals surface area contributed by atoms with Crippen molar-refractivity contribution in [3.63, 3.8) is 0 Å². The second kappa shape index (κ2) is 8.11. The molecule has 0 N–H and O–H groups in total. The molecule has 3 rings (SSSR count). The minimum Gasteiger partial charge on any atom is -0.497 e. The molecule has 1 aromatic carbocycles. The summed E-state index contributed by atoms with van der Waals surface area (Å²) in [7, 11) is 1.67. The number of carbonyl (C=O) groups is 2. The third-order valence-electron chi connectivity index (χ3n) is 5.66. The molecule has 2 aliphatic rings. The molecule has 1 aromatic rings. The third kappa shape index (κ3) is 3.87. The van der Waals surface area contributed by atoms with Crippen LogP contribution in [0.5, 0.6) is 5.75 Å². The number of ether oxygens (including phenoxy) is 1. The number of methoxy groups -OCH3 is 1. The van der Waals surface area contributed by atoms with E-state index >= 15 is 0 Å². The van der Waals surface area contributed by atoms with Crippen molar-refractivity contribution in [2.75, 3.05) is 26.7 Å². The van der Waals surface area contributed by atoms with Crippen LogP contribution in [-0.4, -0.2) is 48.4 Å². The summed E-state index contributed by atoms with van der Waals surface area (Å²) in [6.45, 7) is 6.09. The first kappa shape index (κ1) is 18.7. The summed E-state index contributed by atoms with van der Waals surface area (Å²) >= 11 is 0. The number of piperidine rings is 1. The summed E-state index contributed by atoms with van der Waals surface area (Å²) in [5.74, 6) is 1.36. The van der Waals surface area contributed by atoms with Gasteiger partial charge < -0.3 is 14.5 Å². The zero-order valence-electron chi connectivity index (χ0n) is 16.1. The number of nitrogens with zero attached hydrogens (tertiary/aromatic N) is 2. The van der Waals surface area contributed by atoms with E-state index in [0.717, 1.165) is 43.5 Å². The van der Waals surface area contributed by atoms with Gasteiger partial charge in [-0.2, -0.15) is 0 Å². The van der Waals surface area contributed by atoms with Gasteiger partial charge in [0.05, 0.1) is 13.2 Å². The van der Waals surface area contributed by atoms with E-state index in [-0.39, 0.29) is 29.7 Å². The lowest BCUT2D eigenvalue weighted by molar-refractivity contribution is -0.142. The summed E-state index contributed by atoms with van der Waals surface area (Å²) in [6, 6.07) is 8.20. The van der Waals surface area contributed by atoms with Crippen molar-refractivity contribution in [2.45, 2.75) is 45.6 Å². The predicted molar refractivity (Wildman–Crippen MR) is 101 cm³/mol. The molecule has 0 radical (unpaired) electrons. The summed E-state index contributed by atoms with van der Waals surface area (Å²) in [4.78, 5) is 29.3. The van der Waals surface area contributed by atoms with Crippen LogP contribution in [0.15, 0.2) is 24.3 Å². The zero-order valence-corrected chi connectivity index (χ0v) is 16.1. The Balaban J connectivity index is 1.65. The minimum absolute atomic E-state index is 0.0262. The maximum absolute atomic E-state index is 13.1. The molecule has 2 heterocycles. The van der Waals surface area contributed by atoms with Crippen molar-refractivity contribution in [3.05, 3.63) is 29.8 Å². The quantitative estimate of drug-likeness (QED) is 0.830. The molecule has 0 bridgehead atoms. The Bertz CT molecular complexity index is 650. The molecule has 0 spiro atoms. The summed E-state index contributed by atoms with van der Waals surface area (Å²) < 4.78 is 5.34. The van der Waals surface area contributed by atoms with Crippen LogP contribution in [0, 0.1) is 11.8 Å². The standard InChI is InChI=1S/C21H30N2O3/c1-15(2)20(24)22-12-9-16(10-13-22)21(25)23-11-5-8-19(23)17-6-4-7-18(14-17)26-3/h4,6-7,14-16,19H,5,8-13H2,1-3H3. The van der Waals surface area contributed by atoms with E-state index in [4.69, 9.17) is 4.74 Å². The van der Waals surface area contributed by atoms with E-state index in [1.165, 1.54) is 0 Å². The number of carbonyl (C=O) groups excluding carboxylic acids is 2. The van der Waals surface area contributed by atoms with Crippen LogP contribution < -0.4 is 4.74 Å². The first-order chi connectivity index (χ1) is 12.5. The Kier molecular flexibility index (Phi) is 5.84. The second-order valence-electron chi connectivity index (χ2n) is 7.72. The molecular formula is C21H30N2O3. The second-order valence-corrected chi connectivity index (χ2v) is 7.72. The van der Waals surface area contributed by atoms with Crippen LogP contribution in [0.3, 0.4) is 0 Å². The van der Waals surface area contributed by atoms with Crippen LogP contribution >= 0.6 is 0 Å². The molecule has 5 heteroatoms. The van der Waals surface area contributed by atoms with Crippen molar-refractivity contribution < 1.29 is 14.3 Å². The SMILES string of the molecule is COc1cccc(C2CCCN2C(=O)C2CCN(C(=O)C(C)C)CC2)c1. The van der Waals surface area contributed by atoms with E-state index < -0.39 is 0 Å². The van der Waals surface area contributed by atoms with Crippen LogP contribution in [-0.2, 0) is 9.59 Å². The number of hydrogen-bond donors (Lipinski definition) is 0. The smallest absolute Gasteiger partial charge is 0.226 e. The molecule has 26 heavy (non-hydrogen) atoms. The predicted octanol–water partition coefficient (Wildman–Crippen LogP) is 3.25. The number of amides is 2. The maximum Gasteiger partial charge on any atom is 0.226 e. The average molecular weight is 358 g/mol. The Hall–Kier alpha value is -2.04. The average Bonchev–Trinajstić information content (AvgIpc) is 3.16. The van der Waals surface area contributed by atoms with Crippen molar-refractivity contribution in [3.8, 4) is 5.75 Å². The highest BCUT2D eigenvalue weighted by atomic mass is 16.5. The molecule has 0 aromatic heterocycles. The Morgan fingerprint density at radius 3 is 2.50 bits per heavy atom. The fourth-order valence-corrected chi connectivity index (χ4v) is 4.17. The largest absolute Gasteiger partial charge is 0.497 e. The van der Waals surface area contributed by atoms with Gasteiger partial charge in [-0.1, -0.05) is 26.0 Å². The molecular weight excluding hydrogens is 328 g/mol. The van der Waals surface area contributed by atoms with Crippen LogP contribution in [0.25, 0.3) is 0 Å². The molecule has 142 valence electrons. The maximum atomic E-state index is 13.1. The molecule has 0 saturated carbocycles. The topological polar surface area (TPSA) is 49.9 Å². The van der Waals surface area contributed by atoms with E-state index in [2.05, 4.69) is 11.0 Å². The fraction of sp³-hybridized carbons (Fsp3) is 0.619. The van der Waals surface area contributed by atoms with Crippen LogP contribution in [0.4, 0.5) is 0 Å². The first-order valence-electron chi connectivity index (χ1n) is 9.74. The van der Waals surface area contributed by atoms with Crippen LogP contribution in [0.2, 0.25) is 0 Å². The first-order valence-corrected chi connectivity index (χ1v) is 9.74. The van der Waals surface area contributed by atoms with Crippen molar-refractivity contribution in [1.29, 1.82) is 0 Å². The molecule has 2 saturated heterocycles. The van der Waals surface area contributed by atoms with Gasteiger partial charge in [0, 0.05) is 31.5 Å². The van der Waals surface area contributed by atoms with Gasteiger partial charge in [0.1, 0.15) is 5.75 Å². The number of hydrogen-bond acceptors (Lipinski definition) is 3. The van der Waals surface area contributed by atoms with E-state index in [1.807, 2.05) is 36.9 Å². The van der Waals surface area contributed by atoms with Gasteiger partial charge in [0.2, 0.25) is 11.8 Å². The Morgan fingerprint density at radius 2 is 1.85 bits per heavy atom. The van der Waals surface area contributed by atoms with Crippen LogP contribution in [0.1, 0.15) is 51.1 Å². The van der Waals surface area contributed by atoms with Crippen molar-refractivity contribution >= 4 is 11.8 Å². The number of likely N-dealkylation sites (tertiary alicyclic amines) is 2. The monoisotopic (exact) mass is 358 g/mol. The highest BCUT2D eigenvalue weighted by Gasteiger charge is 2.36. The molecule has 2 fully saturated rings. The normalized spacial score (nSPS) is 21.3. The highest BCUT2D eigenvalue weighted by Crippen LogP contribution is 2.35. The molecule has 5 nitrogen and oxygen atoms in total. The zero-order chi connectivity index (χ0) is 18.7. The van der Waals surface area contributed by atoms with E-state index in [0.29, 0.717) is 13.1 Å². The summed E-state index contributed by atoms with van der Waals surface area (Å²) in [5.41, 5.74) is 1.16. The van der Waals surface area contributed by atoms with Gasteiger partial charge in [-0.3, -0.25) is 9.59 Å².